The van der Waals surface area contributed by atoms with Crippen LogP contribution < -0.4 is 9.47 Å². The second-order valence-electron chi connectivity index (χ2n) is 6.73. The van der Waals surface area contributed by atoms with Gasteiger partial charge in [0.1, 0.15) is 23.2 Å². The van der Waals surface area contributed by atoms with Gasteiger partial charge in [0.25, 0.3) is 0 Å². The highest BCUT2D eigenvalue weighted by Crippen LogP contribution is 2.43. The van der Waals surface area contributed by atoms with Crippen LogP contribution in [0.2, 0.25) is 0 Å². The van der Waals surface area contributed by atoms with Crippen LogP contribution in [0.5, 0.6) is 11.5 Å². The van der Waals surface area contributed by atoms with Gasteiger partial charge in [0, 0.05) is 17.5 Å². The van der Waals surface area contributed by atoms with Crippen LogP contribution >= 0.6 is 0 Å². The van der Waals surface area contributed by atoms with Crippen LogP contribution in [0, 0.1) is 11.7 Å². The normalized spacial score (nSPS) is 18.8. The number of hydrogen-bond donors (Lipinski definition) is 0. The molecule has 0 radical (unpaired) electrons. The number of carbonyl (C=O) groups is 2. The summed E-state index contributed by atoms with van der Waals surface area (Å²) >= 11 is 0. The SMILES string of the molecule is CCOC(=O)C1C(=O)C=C(c2ccc(OC)cc2OC)CC1c1ccc(F)cc1. The van der Waals surface area contributed by atoms with Crippen molar-refractivity contribution in [2.24, 2.45) is 5.92 Å². The molecule has 0 amide bonds. The fraction of sp³-hybridized carbons (Fsp3) is 0.304. The third kappa shape index (κ3) is 4.31. The third-order valence-corrected chi connectivity index (χ3v) is 5.06. The van der Waals surface area contributed by atoms with E-state index in [0.717, 1.165) is 11.1 Å². The molecule has 2 atom stereocenters. The molecule has 0 bridgehead atoms. The van der Waals surface area contributed by atoms with E-state index >= 15 is 0 Å². The molecule has 1 aliphatic rings. The van der Waals surface area contributed by atoms with Crippen LogP contribution in [0.4, 0.5) is 4.39 Å². The number of ether oxygens (including phenoxy) is 3. The van der Waals surface area contributed by atoms with E-state index in [0.29, 0.717) is 23.5 Å². The molecule has 0 fully saturated rings. The van der Waals surface area contributed by atoms with Gasteiger partial charge in [-0.2, -0.15) is 0 Å². The lowest BCUT2D eigenvalue weighted by atomic mass is 9.73. The van der Waals surface area contributed by atoms with Crippen LogP contribution in [0.1, 0.15) is 30.4 Å². The monoisotopic (exact) mass is 398 g/mol. The molecule has 6 heteroatoms. The summed E-state index contributed by atoms with van der Waals surface area (Å²) < 4.78 is 29.3. The molecule has 152 valence electrons. The number of benzene rings is 2. The number of hydrogen-bond acceptors (Lipinski definition) is 5. The van der Waals surface area contributed by atoms with Crippen molar-refractivity contribution in [3.05, 3.63) is 65.5 Å². The lowest BCUT2D eigenvalue weighted by Gasteiger charge is -2.30. The van der Waals surface area contributed by atoms with Gasteiger partial charge < -0.3 is 14.2 Å². The Kier molecular flexibility index (Phi) is 6.32. The molecule has 0 N–H and O–H groups in total. The van der Waals surface area contributed by atoms with Gasteiger partial charge >= 0.3 is 5.97 Å². The molecule has 2 aromatic rings. The highest BCUT2D eigenvalue weighted by atomic mass is 19.1. The van der Waals surface area contributed by atoms with Crippen LogP contribution in [0.3, 0.4) is 0 Å². The summed E-state index contributed by atoms with van der Waals surface area (Å²) in [4.78, 5) is 25.5. The number of methoxy groups -OCH3 is 2. The lowest BCUT2D eigenvalue weighted by Crippen LogP contribution is -2.34. The summed E-state index contributed by atoms with van der Waals surface area (Å²) in [6.07, 6.45) is 1.88. The summed E-state index contributed by atoms with van der Waals surface area (Å²) in [6.45, 7) is 1.88. The van der Waals surface area contributed by atoms with Crippen LogP contribution in [-0.2, 0) is 14.3 Å². The second kappa shape index (κ2) is 8.90. The molecule has 2 unspecified atom stereocenters. The molecule has 0 heterocycles. The van der Waals surface area contributed by atoms with E-state index in [9.17, 15) is 14.0 Å². The Morgan fingerprint density at radius 1 is 1.10 bits per heavy atom. The molecular weight excluding hydrogens is 375 g/mol. The largest absolute Gasteiger partial charge is 0.497 e. The van der Waals surface area contributed by atoms with E-state index in [-0.39, 0.29) is 18.2 Å². The van der Waals surface area contributed by atoms with Gasteiger partial charge in [-0.15, -0.1) is 0 Å². The van der Waals surface area contributed by atoms with Gasteiger partial charge in [-0.25, -0.2) is 4.39 Å². The first-order chi connectivity index (χ1) is 14.0. The minimum absolute atomic E-state index is 0.182. The zero-order chi connectivity index (χ0) is 21.0. The van der Waals surface area contributed by atoms with E-state index in [1.165, 1.54) is 18.2 Å². The Bertz CT molecular complexity index is 933. The topological polar surface area (TPSA) is 61.8 Å². The van der Waals surface area contributed by atoms with Crippen molar-refractivity contribution in [2.45, 2.75) is 19.3 Å². The standard InChI is InChI=1S/C23H23FO5/c1-4-29-23(26)22-19(14-5-7-16(24)8-6-14)11-15(12-20(22)25)18-10-9-17(27-2)13-21(18)28-3/h5-10,12-13,19,22H,4,11H2,1-3H3. The summed E-state index contributed by atoms with van der Waals surface area (Å²) in [5.41, 5.74) is 2.19. The van der Waals surface area contributed by atoms with Gasteiger partial charge in [-0.3, -0.25) is 9.59 Å². The third-order valence-electron chi connectivity index (χ3n) is 5.06. The predicted octanol–water partition coefficient (Wildman–Crippen LogP) is 4.16. The minimum atomic E-state index is -0.964. The van der Waals surface area contributed by atoms with Crippen molar-refractivity contribution < 1.29 is 28.2 Å². The predicted molar refractivity (Wildman–Crippen MR) is 106 cm³/mol. The molecule has 29 heavy (non-hydrogen) atoms. The molecule has 1 aliphatic carbocycles. The van der Waals surface area contributed by atoms with Crippen molar-refractivity contribution in [3.8, 4) is 11.5 Å². The van der Waals surface area contributed by atoms with E-state index in [4.69, 9.17) is 14.2 Å². The van der Waals surface area contributed by atoms with E-state index in [1.54, 1.807) is 45.4 Å². The van der Waals surface area contributed by atoms with Gasteiger partial charge in [-0.05, 0) is 54.8 Å². The molecule has 2 aromatic carbocycles. The van der Waals surface area contributed by atoms with E-state index in [1.807, 2.05) is 6.07 Å². The Balaban J connectivity index is 2.05. The highest BCUT2D eigenvalue weighted by Gasteiger charge is 2.40. The number of esters is 1. The maximum Gasteiger partial charge on any atom is 0.317 e. The van der Waals surface area contributed by atoms with Crippen molar-refractivity contribution in [1.29, 1.82) is 0 Å². The van der Waals surface area contributed by atoms with Crippen molar-refractivity contribution >= 4 is 17.3 Å². The summed E-state index contributed by atoms with van der Waals surface area (Å²) in [7, 11) is 3.11. The Morgan fingerprint density at radius 2 is 1.83 bits per heavy atom. The highest BCUT2D eigenvalue weighted by molar-refractivity contribution is 6.11. The van der Waals surface area contributed by atoms with Gasteiger partial charge in [-0.1, -0.05) is 12.1 Å². The number of halogens is 1. The number of allylic oxidation sites excluding steroid dienone is 2. The van der Waals surface area contributed by atoms with Crippen molar-refractivity contribution in [1.82, 2.24) is 0 Å². The smallest absolute Gasteiger partial charge is 0.317 e. The average Bonchev–Trinajstić information content (AvgIpc) is 2.73. The average molecular weight is 398 g/mol. The zero-order valence-electron chi connectivity index (χ0n) is 16.6. The second-order valence-corrected chi connectivity index (χ2v) is 6.73. The lowest BCUT2D eigenvalue weighted by molar-refractivity contribution is -0.151. The van der Waals surface area contributed by atoms with Gasteiger partial charge in [0.2, 0.25) is 0 Å². The number of carbonyl (C=O) groups excluding carboxylic acids is 2. The molecule has 0 saturated carbocycles. The fourth-order valence-corrected chi connectivity index (χ4v) is 3.66. The molecule has 0 aliphatic heterocycles. The van der Waals surface area contributed by atoms with Crippen LogP contribution in [0.15, 0.2) is 48.5 Å². The van der Waals surface area contributed by atoms with Gasteiger partial charge in [0.15, 0.2) is 5.78 Å². The fourth-order valence-electron chi connectivity index (χ4n) is 3.66. The first-order valence-electron chi connectivity index (χ1n) is 9.37. The maximum absolute atomic E-state index is 13.4. The Labute approximate surface area is 169 Å². The maximum atomic E-state index is 13.4. The summed E-state index contributed by atoms with van der Waals surface area (Å²) in [5.74, 6) is -1.51. The summed E-state index contributed by atoms with van der Waals surface area (Å²) in [5, 5.41) is 0. The minimum Gasteiger partial charge on any atom is -0.497 e. The van der Waals surface area contributed by atoms with E-state index in [2.05, 4.69) is 0 Å². The molecule has 0 saturated heterocycles. The number of ketones is 1. The van der Waals surface area contributed by atoms with Crippen molar-refractivity contribution in [3.63, 3.8) is 0 Å². The Hall–Kier alpha value is -3.15. The molecular formula is C23H23FO5. The molecule has 5 nitrogen and oxygen atoms in total. The quantitative estimate of drug-likeness (QED) is 0.540. The van der Waals surface area contributed by atoms with Gasteiger partial charge in [0.05, 0.1) is 20.8 Å². The van der Waals surface area contributed by atoms with E-state index < -0.39 is 17.8 Å². The zero-order valence-corrected chi connectivity index (χ0v) is 16.6. The Morgan fingerprint density at radius 3 is 2.45 bits per heavy atom. The summed E-state index contributed by atoms with van der Waals surface area (Å²) in [6, 6.07) is 11.2. The first-order valence-corrected chi connectivity index (χ1v) is 9.37. The molecule has 3 rings (SSSR count). The molecule has 0 aromatic heterocycles. The van der Waals surface area contributed by atoms with Crippen LogP contribution in [0.25, 0.3) is 5.57 Å². The number of rotatable bonds is 6. The molecule has 0 spiro atoms. The first kappa shape index (κ1) is 20.6. The van der Waals surface area contributed by atoms with Crippen molar-refractivity contribution in [2.75, 3.05) is 20.8 Å². The van der Waals surface area contributed by atoms with Crippen LogP contribution in [-0.4, -0.2) is 32.6 Å².